The fourth-order valence-electron chi connectivity index (χ4n) is 2.67. The van der Waals surface area contributed by atoms with E-state index in [0.29, 0.717) is 25.3 Å². The molecule has 0 bridgehead atoms. The monoisotopic (exact) mass is 287 g/mol. The van der Waals surface area contributed by atoms with Crippen LogP contribution >= 0.6 is 0 Å². The van der Waals surface area contributed by atoms with Crippen molar-refractivity contribution in [2.24, 2.45) is 5.92 Å². The Morgan fingerprint density at radius 2 is 2.24 bits per heavy atom. The van der Waals surface area contributed by atoms with E-state index in [2.05, 4.69) is 27.2 Å². The van der Waals surface area contributed by atoms with Crippen LogP contribution in [-0.4, -0.2) is 28.1 Å². The van der Waals surface area contributed by atoms with Gasteiger partial charge in [-0.05, 0) is 25.8 Å². The lowest BCUT2D eigenvalue weighted by Crippen LogP contribution is -2.29. The number of hydrogen-bond acceptors (Lipinski definition) is 6. The summed E-state index contributed by atoms with van der Waals surface area (Å²) in [6.45, 7) is 5.67. The van der Waals surface area contributed by atoms with Gasteiger partial charge < -0.3 is 4.52 Å². The van der Waals surface area contributed by atoms with E-state index < -0.39 is 0 Å². The Morgan fingerprint density at radius 1 is 1.43 bits per heavy atom. The summed E-state index contributed by atoms with van der Waals surface area (Å²) in [6, 6.07) is 4.55. The van der Waals surface area contributed by atoms with Gasteiger partial charge in [-0.25, -0.2) is 0 Å². The lowest BCUT2D eigenvalue weighted by Gasteiger charge is -2.23. The molecule has 1 aliphatic rings. The zero-order valence-electron chi connectivity index (χ0n) is 12.6. The third kappa shape index (κ3) is 3.80. The molecule has 1 saturated heterocycles. The Labute approximate surface area is 125 Å². The molecule has 2 heterocycles. The third-order valence-corrected chi connectivity index (χ3v) is 3.86. The molecule has 21 heavy (non-hydrogen) atoms. The second kappa shape index (κ2) is 7.19. The molecule has 1 aliphatic heterocycles. The van der Waals surface area contributed by atoms with Gasteiger partial charge in [0, 0.05) is 18.9 Å². The van der Waals surface area contributed by atoms with Crippen LogP contribution in [0, 0.1) is 28.6 Å². The minimum atomic E-state index is -0.110. The third-order valence-electron chi connectivity index (χ3n) is 3.86. The van der Waals surface area contributed by atoms with E-state index in [9.17, 15) is 5.26 Å². The molecule has 0 unspecified atom stereocenters. The SMILES string of the molecule is CC(C)c1nc([C@H]2CCCN2C[C@@H](C#N)CCC#N)no1. The molecule has 1 fully saturated rings. The molecule has 112 valence electrons. The van der Waals surface area contributed by atoms with Gasteiger partial charge in [-0.2, -0.15) is 15.5 Å². The van der Waals surface area contributed by atoms with Crippen LogP contribution in [0.2, 0.25) is 0 Å². The average Bonchev–Trinajstić information content (AvgIpc) is 3.11. The number of aromatic nitrogens is 2. The Morgan fingerprint density at radius 3 is 2.86 bits per heavy atom. The van der Waals surface area contributed by atoms with Crippen LogP contribution < -0.4 is 0 Å². The van der Waals surface area contributed by atoms with E-state index in [0.717, 1.165) is 25.2 Å². The second-order valence-electron chi connectivity index (χ2n) is 5.82. The van der Waals surface area contributed by atoms with Crippen molar-refractivity contribution in [1.82, 2.24) is 15.0 Å². The zero-order chi connectivity index (χ0) is 15.2. The highest BCUT2D eigenvalue weighted by Crippen LogP contribution is 2.31. The summed E-state index contributed by atoms with van der Waals surface area (Å²) >= 11 is 0. The highest BCUT2D eigenvalue weighted by atomic mass is 16.5. The summed E-state index contributed by atoms with van der Waals surface area (Å²) in [7, 11) is 0. The topological polar surface area (TPSA) is 89.7 Å². The van der Waals surface area contributed by atoms with Crippen molar-refractivity contribution in [2.75, 3.05) is 13.1 Å². The van der Waals surface area contributed by atoms with Gasteiger partial charge in [-0.3, -0.25) is 4.90 Å². The maximum absolute atomic E-state index is 9.21. The van der Waals surface area contributed by atoms with Crippen molar-refractivity contribution in [1.29, 1.82) is 10.5 Å². The minimum absolute atomic E-state index is 0.110. The number of nitrogens with zero attached hydrogens (tertiary/aromatic N) is 5. The van der Waals surface area contributed by atoms with Gasteiger partial charge in [-0.1, -0.05) is 19.0 Å². The molecule has 0 aromatic carbocycles. The molecule has 0 radical (unpaired) electrons. The van der Waals surface area contributed by atoms with Gasteiger partial charge in [0.25, 0.3) is 0 Å². The van der Waals surface area contributed by atoms with Gasteiger partial charge >= 0.3 is 0 Å². The van der Waals surface area contributed by atoms with Crippen LogP contribution in [0.1, 0.15) is 63.2 Å². The van der Waals surface area contributed by atoms with Crippen molar-refractivity contribution in [3.8, 4) is 12.1 Å². The lowest BCUT2D eigenvalue weighted by atomic mass is 10.0. The van der Waals surface area contributed by atoms with E-state index in [-0.39, 0.29) is 17.9 Å². The van der Waals surface area contributed by atoms with E-state index in [4.69, 9.17) is 9.78 Å². The molecule has 0 saturated carbocycles. The summed E-state index contributed by atoms with van der Waals surface area (Å²) in [4.78, 5) is 6.73. The summed E-state index contributed by atoms with van der Waals surface area (Å²) in [5.41, 5.74) is 0. The summed E-state index contributed by atoms with van der Waals surface area (Å²) in [5.74, 6) is 1.51. The van der Waals surface area contributed by atoms with E-state index >= 15 is 0 Å². The Hall–Kier alpha value is -1.92. The van der Waals surface area contributed by atoms with Gasteiger partial charge in [0.1, 0.15) is 0 Å². The maximum Gasteiger partial charge on any atom is 0.229 e. The van der Waals surface area contributed by atoms with E-state index in [1.807, 2.05) is 13.8 Å². The highest BCUT2D eigenvalue weighted by Gasteiger charge is 2.31. The average molecular weight is 287 g/mol. The maximum atomic E-state index is 9.21. The van der Waals surface area contributed by atoms with Gasteiger partial charge in [0.05, 0.1) is 24.1 Å². The first kappa shape index (κ1) is 15.5. The second-order valence-corrected chi connectivity index (χ2v) is 5.82. The number of nitriles is 2. The molecule has 2 atom stereocenters. The Kier molecular flexibility index (Phi) is 5.30. The first-order valence-electron chi connectivity index (χ1n) is 7.49. The molecular formula is C15H21N5O. The summed E-state index contributed by atoms with van der Waals surface area (Å²) < 4.78 is 5.29. The predicted octanol–water partition coefficient (Wildman–Crippen LogP) is 2.77. The van der Waals surface area contributed by atoms with Gasteiger partial charge in [0.15, 0.2) is 5.82 Å². The molecule has 1 aromatic heterocycles. The van der Waals surface area contributed by atoms with Crippen LogP contribution in [0.4, 0.5) is 0 Å². The molecule has 0 spiro atoms. The quantitative estimate of drug-likeness (QED) is 0.799. The van der Waals surface area contributed by atoms with Crippen molar-refractivity contribution in [2.45, 2.75) is 51.5 Å². The molecule has 2 rings (SSSR count). The molecular weight excluding hydrogens is 266 g/mol. The van der Waals surface area contributed by atoms with E-state index in [1.54, 1.807) is 0 Å². The lowest BCUT2D eigenvalue weighted by molar-refractivity contribution is 0.219. The number of rotatable bonds is 6. The van der Waals surface area contributed by atoms with Crippen molar-refractivity contribution in [3.05, 3.63) is 11.7 Å². The summed E-state index contributed by atoms with van der Waals surface area (Å²) in [6.07, 6.45) is 3.12. The largest absolute Gasteiger partial charge is 0.339 e. The fraction of sp³-hybridized carbons (Fsp3) is 0.733. The number of hydrogen-bond donors (Lipinski definition) is 0. The van der Waals surface area contributed by atoms with Crippen LogP contribution in [-0.2, 0) is 0 Å². The van der Waals surface area contributed by atoms with Crippen LogP contribution in [0.3, 0.4) is 0 Å². The van der Waals surface area contributed by atoms with E-state index in [1.165, 1.54) is 0 Å². The molecule has 1 aromatic rings. The highest BCUT2D eigenvalue weighted by molar-refractivity contribution is 5.01. The molecule has 0 N–H and O–H groups in total. The zero-order valence-corrected chi connectivity index (χ0v) is 12.6. The van der Waals surface area contributed by atoms with Crippen molar-refractivity contribution < 1.29 is 4.52 Å². The van der Waals surface area contributed by atoms with Crippen molar-refractivity contribution >= 4 is 0 Å². The Balaban J connectivity index is 2.02. The molecule has 6 nitrogen and oxygen atoms in total. The first-order valence-corrected chi connectivity index (χ1v) is 7.49. The minimum Gasteiger partial charge on any atom is -0.339 e. The normalized spacial score (nSPS) is 20.3. The van der Waals surface area contributed by atoms with Crippen LogP contribution in [0.15, 0.2) is 4.52 Å². The van der Waals surface area contributed by atoms with Gasteiger partial charge in [-0.15, -0.1) is 0 Å². The van der Waals surface area contributed by atoms with Crippen LogP contribution in [0.5, 0.6) is 0 Å². The van der Waals surface area contributed by atoms with Gasteiger partial charge in [0.2, 0.25) is 5.89 Å². The predicted molar refractivity (Wildman–Crippen MR) is 75.9 cm³/mol. The molecule has 0 aliphatic carbocycles. The Bertz CT molecular complexity index is 539. The summed E-state index contributed by atoms with van der Waals surface area (Å²) in [5, 5.41) is 22.0. The molecule has 6 heteroatoms. The standard InChI is InChI=1S/C15H21N5O/c1-11(2)15-18-14(19-21-15)13-6-4-8-20(13)10-12(9-17)5-3-7-16/h11-13H,3-6,8,10H2,1-2H3/t12-,13-/m1/s1. The smallest absolute Gasteiger partial charge is 0.229 e. The van der Waals surface area contributed by atoms with Crippen LogP contribution in [0.25, 0.3) is 0 Å². The number of likely N-dealkylation sites (tertiary alicyclic amines) is 1. The fourth-order valence-corrected chi connectivity index (χ4v) is 2.67. The molecule has 0 amide bonds. The van der Waals surface area contributed by atoms with Crippen molar-refractivity contribution in [3.63, 3.8) is 0 Å². The first-order chi connectivity index (χ1) is 10.2.